The van der Waals surface area contributed by atoms with Crippen molar-refractivity contribution in [3.8, 4) is 0 Å². The Morgan fingerprint density at radius 1 is 1.52 bits per heavy atom. The summed E-state index contributed by atoms with van der Waals surface area (Å²) in [6.07, 6.45) is 6.47. The van der Waals surface area contributed by atoms with Gasteiger partial charge in [0, 0.05) is 6.54 Å². The molecule has 0 spiro atoms. The first-order chi connectivity index (χ1) is 10.1. The highest BCUT2D eigenvalue weighted by atomic mass is 32.1. The molecule has 1 aliphatic carbocycles. The number of hydrogen-bond donors (Lipinski definition) is 2. The molecule has 2 rings (SSSR count). The zero-order valence-corrected chi connectivity index (χ0v) is 13.7. The molecule has 0 amide bonds. The fraction of sp³-hybridized carbons (Fsp3) is 0.733. The summed E-state index contributed by atoms with van der Waals surface area (Å²) >= 11 is 1.23. The van der Waals surface area contributed by atoms with E-state index in [9.17, 15) is 4.79 Å². The minimum atomic E-state index is -0.391. The first-order valence-electron chi connectivity index (χ1n) is 7.78. The first kappa shape index (κ1) is 16.1. The number of nitrogens with zero attached hydrogens (tertiary/aromatic N) is 1. The predicted octanol–water partition coefficient (Wildman–Crippen LogP) is 3.53. The minimum absolute atomic E-state index is 0.257. The first-order valence-corrected chi connectivity index (χ1v) is 8.55. The zero-order chi connectivity index (χ0) is 15.2. The van der Waals surface area contributed by atoms with Crippen LogP contribution in [0.1, 0.15) is 56.3 Å². The van der Waals surface area contributed by atoms with Gasteiger partial charge in [0.1, 0.15) is 10.6 Å². The summed E-state index contributed by atoms with van der Waals surface area (Å²) in [5.41, 5.74) is 6.15. The van der Waals surface area contributed by atoms with Crippen LogP contribution in [-0.4, -0.2) is 23.5 Å². The lowest BCUT2D eigenvalue weighted by Gasteiger charge is -2.26. The van der Waals surface area contributed by atoms with Gasteiger partial charge in [0.05, 0.1) is 6.61 Å². The number of anilines is 2. The number of nitrogens with one attached hydrogen (secondary N) is 1. The van der Waals surface area contributed by atoms with Crippen LogP contribution in [0.4, 0.5) is 10.8 Å². The third kappa shape index (κ3) is 4.33. The number of carbonyl (C=O) groups excluding carboxylic acids is 1. The van der Waals surface area contributed by atoms with Crippen molar-refractivity contribution >= 4 is 28.3 Å². The highest BCUT2D eigenvalue weighted by Gasteiger charge is 2.21. The molecule has 1 aromatic heterocycles. The van der Waals surface area contributed by atoms with E-state index in [1.54, 1.807) is 6.92 Å². The van der Waals surface area contributed by atoms with E-state index in [4.69, 9.17) is 10.5 Å². The molecule has 2 atom stereocenters. The molecule has 0 aliphatic heterocycles. The smallest absolute Gasteiger partial charge is 0.344 e. The number of hydrogen-bond acceptors (Lipinski definition) is 6. The molecule has 0 bridgehead atoms. The molecule has 1 heterocycles. The van der Waals surface area contributed by atoms with Gasteiger partial charge in [0.25, 0.3) is 0 Å². The lowest BCUT2D eigenvalue weighted by molar-refractivity contribution is 0.0529. The summed E-state index contributed by atoms with van der Waals surface area (Å²) in [6, 6.07) is 0. The van der Waals surface area contributed by atoms with Crippen LogP contribution in [0.15, 0.2) is 0 Å². The molecule has 1 fully saturated rings. The Balaban J connectivity index is 1.87. The lowest BCUT2D eigenvalue weighted by atomic mass is 9.81. The molecule has 6 heteroatoms. The van der Waals surface area contributed by atoms with Crippen LogP contribution >= 0.6 is 11.5 Å². The van der Waals surface area contributed by atoms with Crippen molar-refractivity contribution in [1.29, 1.82) is 0 Å². The number of rotatable bonds is 6. The molecule has 1 aromatic rings. The molecule has 1 aliphatic rings. The Kier molecular flexibility index (Phi) is 5.85. The van der Waals surface area contributed by atoms with Crippen LogP contribution in [-0.2, 0) is 4.74 Å². The second-order valence-corrected chi connectivity index (χ2v) is 6.62. The van der Waals surface area contributed by atoms with Crippen LogP contribution in [0.5, 0.6) is 0 Å². The van der Waals surface area contributed by atoms with Gasteiger partial charge in [-0.25, -0.2) is 4.79 Å². The van der Waals surface area contributed by atoms with Crippen LogP contribution in [0.25, 0.3) is 0 Å². The van der Waals surface area contributed by atoms with Crippen molar-refractivity contribution in [2.75, 3.05) is 24.2 Å². The van der Waals surface area contributed by atoms with E-state index in [1.807, 2.05) is 0 Å². The maximum absolute atomic E-state index is 11.9. The molecule has 1 saturated carbocycles. The second kappa shape index (κ2) is 7.64. The van der Waals surface area contributed by atoms with Crippen molar-refractivity contribution < 1.29 is 9.53 Å². The van der Waals surface area contributed by atoms with Gasteiger partial charge >= 0.3 is 5.97 Å². The number of nitrogens with two attached hydrogens (primary N) is 1. The summed E-state index contributed by atoms with van der Waals surface area (Å²) in [4.78, 5) is 11.9. The summed E-state index contributed by atoms with van der Waals surface area (Å²) in [7, 11) is 0. The molecule has 3 N–H and O–H groups in total. The molecular weight excluding hydrogens is 286 g/mol. The minimum Gasteiger partial charge on any atom is -0.462 e. The van der Waals surface area contributed by atoms with E-state index in [2.05, 4.69) is 16.6 Å². The Labute approximate surface area is 130 Å². The third-order valence-electron chi connectivity index (χ3n) is 4.08. The van der Waals surface area contributed by atoms with Gasteiger partial charge in [0.15, 0.2) is 5.82 Å². The largest absolute Gasteiger partial charge is 0.462 e. The van der Waals surface area contributed by atoms with Gasteiger partial charge in [-0.15, -0.1) is 0 Å². The highest BCUT2D eigenvalue weighted by Crippen LogP contribution is 2.31. The molecule has 0 radical (unpaired) electrons. The molecule has 21 heavy (non-hydrogen) atoms. The second-order valence-electron chi connectivity index (χ2n) is 5.85. The van der Waals surface area contributed by atoms with E-state index >= 15 is 0 Å². The van der Waals surface area contributed by atoms with Crippen LogP contribution in [0, 0.1) is 11.8 Å². The number of ether oxygens (including phenoxy) is 1. The Morgan fingerprint density at radius 2 is 2.33 bits per heavy atom. The number of carbonyl (C=O) groups is 1. The van der Waals surface area contributed by atoms with E-state index in [0.29, 0.717) is 12.2 Å². The third-order valence-corrected chi connectivity index (χ3v) is 4.90. The van der Waals surface area contributed by atoms with Crippen molar-refractivity contribution in [3.05, 3.63) is 5.56 Å². The van der Waals surface area contributed by atoms with Crippen LogP contribution in [0.2, 0.25) is 0 Å². The number of aromatic nitrogens is 1. The number of nitrogen functional groups attached to an aromatic ring is 1. The summed E-state index contributed by atoms with van der Waals surface area (Å²) in [6.45, 7) is 5.31. The highest BCUT2D eigenvalue weighted by molar-refractivity contribution is 7.11. The van der Waals surface area contributed by atoms with Gasteiger partial charge in [-0.1, -0.05) is 26.2 Å². The average molecular weight is 311 g/mol. The number of esters is 1. The summed E-state index contributed by atoms with van der Waals surface area (Å²) < 4.78 is 9.08. The Morgan fingerprint density at radius 3 is 3.05 bits per heavy atom. The average Bonchev–Trinajstić information content (AvgIpc) is 2.80. The predicted molar refractivity (Wildman–Crippen MR) is 86.7 cm³/mol. The van der Waals surface area contributed by atoms with E-state index in [0.717, 1.165) is 29.8 Å². The van der Waals surface area contributed by atoms with Gasteiger partial charge in [-0.2, -0.15) is 4.37 Å². The quantitative estimate of drug-likeness (QED) is 0.786. The monoisotopic (exact) mass is 311 g/mol. The van der Waals surface area contributed by atoms with Gasteiger partial charge < -0.3 is 15.8 Å². The maximum atomic E-state index is 11.9. The van der Waals surface area contributed by atoms with Crippen molar-refractivity contribution in [2.45, 2.75) is 46.0 Å². The SMILES string of the molecule is CCOC(=O)c1c(N)nsc1NCCC1CCCC(C)C1. The molecule has 2 unspecified atom stereocenters. The molecular formula is C15H25N3O2S. The van der Waals surface area contributed by atoms with Gasteiger partial charge in [0.2, 0.25) is 0 Å². The standard InChI is InChI=1S/C15H25N3O2S/c1-3-20-15(19)12-13(16)18-21-14(12)17-8-7-11-6-4-5-10(2)9-11/h10-11,17H,3-9H2,1-2H3,(H2,16,18). The van der Waals surface area contributed by atoms with Crippen LogP contribution < -0.4 is 11.1 Å². The van der Waals surface area contributed by atoms with Crippen molar-refractivity contribution in [3.63, 3.8) is 0 Å². The summed E-state index contributed by atoms with van der Waals surface area (Å²) in [5.74, 6) is 1.50. The van der Waals surface area contributed by atoms with E-state index in [1.165, 1.54) is 37.2 Å². The fourth-order valence-corrected chi connectivity index (χ4v) is 3.76. The molecule has 0 aromatic carbocycles. The van der Waals surface area contributed by atoms with Crippen molar-refractivity contribution in [1.82, 2.24) is 4.37 Å². The van der Waals surface area contributed by atoms with Crippen molar-refractivity contribution in [2.24, 2.45) is 11.8 Å². The molecule has 5 nitrogen and oxygen atoms in total. The summed E-state index contributed by atoms with van der Waals surface area (Å²) in [5, 5.41) is 4.04. The Hall–Kier alpha value is -1.30. The normalized spacial score (nSPS) is 22.0. The van der Waals surface area contributed by atoms with E-state index < -0.39 is 5.97 Å². The van der Waals surface area contributed by atoms with Crippen LogP contribution in [0.3, 0.4) is 0 Å². The Bertz CT molecular complexity index is 475. The van der Waals surface area contributed by atoms with Gasteiger partial charge in [-0.05, 0) is 43.1 Å². The van der Waals surface area contributed by atoms with E-state index in [-0.39, 0.29) is 5.82 Å². The molecule has 118 valence electrons. The topological polar surface area (TPSA) is 77.2 Å². The zero-order valence-electron chi connectivity index (χ0n) is 12.9. The maximum Gasteiger partial charge on any atom is 0.344 e. The fourth-order valence-electron chi connectivity index (χ4n) is 3.04. The lowest BCUT2D eigenvalue weighted by Crippen LogP contribution is -2.17. The van der Waals surface area contributed by atoms with Gasteiger partial charge in [-0.3, -0.25) is 0 Å². The molecule has 0 saturated heterocycles.